The summed E-state index contributed by atoms with van der Waals surface area (Å²) < 4.78 is 21.7. The van der Waals surface area contributed by atoms with Gasteiger partial charge in [0.1, 0.15) is 17.9 Å². The van der Waals surface area contributed by atoms with Crippen molar-refractivity contribution >= 4 is 20.2 Å². The molecule has 0 aromatic rings. The summed E-state index contributed by atoms with van der Waals surface area (Å²) in [5, 5.41) is 22.9. The van der Waals surface area contributed by atoms with Crippen LogP contribution in [0.3, 0.4) is 0 Å². The topological polar surface area (TPSA) is 124 Å². The molecule has 4 aliphatic carbocycles. The number of hydrogen-bond donors (Lipinski definition) is 4. The van der Waals surface area contributed by atoms with Crippen molar-refractivity contribution < 1.29 is 38.5 Å². The van der Waals surface area contributed by atoms with E-state index in [0.29, 0.717) is 25.7 Å². The largest absolute Gasteiger partial charge is 0.390 e. The Kier molecular flexibility index (Phi) is 5.57. The monoisotopic (exact) mass is 458 g/mol. The molecule has 4 rings (SSSR count). The predicted molar refractivity (Wildman–Crippen MR) is 110 cm³/mol. The zero-order valence-electron chi connectivity index (χ0n) is 18.2. The summed E-state index contributed by atoms with van der Waals surface area (Å²) >= 11 is 0. The summed E-state index contributed by atoms with van der Waals surface area (Å²) in [6.45, 7) is 4.62. The summed E-state index contributed by atoms with van der Waals surface area (Å²) in [5.74, 6) is -2.09. The average molecular weight is 458 g/mol. The van der Waals surface area contributed by atoms with Gasteiger partial charge in [-0.3, -0.25) is 9.59 Å². The van der Waals surface area contributed by atoms with E-state index in [0.717, 1.165) is 5.57 Å². The predicted octanol–water partition coefficient (Wildman–Crippen LogP) is 2.36. The second-order valence-corrected chi connectivity index (χ2v) is 11.2. The van der Waals surface area contributed by atoms with E-state index < -0.39 is 61.0 Å². The van der Waals surface area contributed by atoms with Gasteiger partial charge in [-0.25, -0.2) is 4.39 Å². The third-order valence-electron chi connectivity index (χ3n) is 9.36. The van der Waals surface area contributed by atoms with Crippen molar-refractivity contribution in [1.29, 1.82) is 0 Å². The van der Waals surface area contributed by atoms with Gasteiger partial charge in [-0.2, -0.15) is 0 Å². The third-order valence-corrected chi connectivity index (χ3v) is 9.72. The molecule has 4 N–H and O–H groups in total. The van der Waals surface area contributed by atoms with Crippen molar-refractivity contribution in [2.75, 3.05) is 6.61 Å². The van der Waals surface area contributed by atoms with Crippen LogP contribution in [-0.2, 0) is 14.1 Å². The first-order valence-corrected chi connectivity index (χ1v) is 12.2. The van der Waals surface area contributed by atoms with Crippen molar-refractivity contribution in [3.63, 3.8) is 0 Å². The van der Waals surface area contributed by atoms with E-state index in [9.17, 15) is 19.8 Å². The van der Waals surface area contributed by atoms with Crippen LogP contribution in [0.1, 0.15) is 59.3 Å². The standard InChI is InChI=1S/C22H32FO7P/c1-12-8-16-15-5-4-13-9-14(24)6-7-19(13,2)21(15,23)17(25)10-20(16,3)22(12,27)18(26)11-30-31(28)29/h9,12,15-17,25,27-29H,4-8,10-11H2,1-3H3/t12-,15+,16+,17+,19+,20+,21+,22+/m1/s1. The third kappa shape index (κ3) is 2.92. The molecule has 0 bridgehead atoms. The molecule has 0 unspecified atom stereocenters. The first-order chi connectivity index (χ1) is 14.3. The number of hydrogen-bond acceptors (Lipinski definition) is 7. The van der Waals surface area contributed by atoms with Gasteiger partial charge in [0.15, 0.2) is 11.6 Å². The number of fused-ring (bicyclic) bond motifs is 5. The average Bonchev–Trinajstić information content (AvgIpc) is 2.89. The number of Topliss-reactive ketones (excluding diaryl/α,β-unsaturated/α-hetero) is 1. The molecule has 9 heteroatoms. The molecule has 31 heavy (non-hydrogen) atoms. The fourth-order valence-electron chi connectivity index (χ4n) is 7.73. The van der Waals surface area contributed by atoms with Gasteiger partial charge >= 0.3 is 8.60 Å². The number of allylic oxidation sites excluding steroid dienone is 1. The minimum Gasteiger partial charge on any atom is -0.390 e. The summed E-state index contributed by atoms with van der Waals surface area (Å²) in [7, 11) is -2.74. The van der Waals surface area contributed by atoms with E-state index in [1.165, 1.54) is 0 Å². The Bertz CT molecular complexity index is 833. The summed E-state index contributed by atoms with van der Waals surface area (Å²) in [4.78, 5) is 43.0. The molecule has 174 valence electrons. The number of aliphatic hydroxyl groups is 2. The maximum absolute atomic E-state index is 17.0. The quantitative estimate of drug-likeness (QED) is 0.477. The lowest BCUT2D eigenvalue weighted by atomic mass is 9.44. The Morgan fingerprint density at radius 1 is 1.29 bits per heavy atom. The Morgan fingerprint density at radius 2 is 1.97 bits per heavy atom. The minimum absolute atomic E-state index is 0.00755. The van der Waals surface area contributed by atoms with Crippen molar-refractivity contribution in [3.05, 3.63) is 11.6 Å². The van der Waals surface area contributed by atoms with Crippen LogP contribution in [0.15, 0.2) is 11.6 Å². The van der Waals surface area contributed by atoms with Crippen molar-refractivity contribution in [2.24, 2.45) is 28.6 Å². The summed E-state index contributed by atoms with van der Waals surface area (Å²) in [6, 6.07) is 0. The summed E-state index contributed by atoms with van der Waals surface area (Å²) in [5.41, 5.74) is -5.09. The van der Waals surface area contributed by atoms with Gasteiger partial charge in [0.05, 0.1) is 6.10 Å². The van der Waals surface area contributed by atoms with Crippen LogP contribution < -0.4 is 0 Å². The Hall–Kier alpha value is -0.760. The maximum Gasteiger partial charge on any atom is 0.327 e. The zero-order chi connectivity index (χ0) is 23.0. The lowest BCUT2D eigenvalue weighted by Crippen LogP contribution is -2.69. The van der Waals surface area contributed by atoms with Crippen LogP contribution in [0.25, 0.3) is 0 Å². The fourth-order valence-corrected chi connectivity index (χ4v) is 7.96. The van der Waals surface area contributed by atoms with Gasteiger partial charge in [-0.1, -0.05) is 26.3 Å². The molecule has 0 radical (unpaired) electrons. The zero-order valence-corrected chi connectivity index (χ0v) is 19.1. The molecule has 0 heterocycles. The van der Waals surface area contributed by atoms with Crippen molar-refractivity contribution in [3.8, 4) is 0 Å². The number of aliphatic hydroxyl groups excluding tert-OH is 1. The van der Waals surface area contributed by atoms with E-state index in [4.69, 9.17) is 14.3 Å². The second-order valence-electron chi connectivity index (χ2n) is 10.5. The molecular formula is C22H32FO7P. The van der Waals surface area contributed by atoms with E-state index in [1.54, 1.807) is 26.8 Å². The molecule has 0 spiro atoms. The highest BCUT2D eigenvalue weighted by Gasteiger charge is 2.75. The Morgan fingerprint density at radius 3 is 2.61 bits per heavy atom. The Balaban J connectivity index is 1.74. The summed E-state index contributed by atoms with van der Waals surface area (Å²) in [6.07, 6.45) is 2.06. The fraction of sp³-hybridized carbons (Fsp3) is 0.818. The molecule has 0 aliphatic heterocycles. The maximum atomic E-state index is 17.0. The number of rotatable bonds is 4. The molecule has 0 aromatic carbocycles. The molecule has 0 saturated heterocycles. The molecule has 0 aromatic heterocycles. The van der Waals surface area contributed by atoms with E-state index >= 15 is 4.39 Å². The number of ketones is 2. The van der Waals surface area contributed by atoms with E-state index in [1.807, 2.05) is 0 Å². The molecule has 3 saturated carbocycles. The van der Waals surface area contributed by atoms with Crippen LogP contribution in [0, 0.1) is 28.6 Å². The van der Waals surface area contributed by atoms with Crippen LogP contribution >= 0.6 is 8.60 Å². The smallest absolute Gasteiger partial charge is 0.327 e. The molecule has 8 atom stereocenters. The molecule has 0 amide bonds. The van der Waals surface area contributed by atoms with Gasteiger partial charge in [-0.05, 0) is 50.0 Å². The van der Waals surface area contributed by atoms with Gasteiger partial charge < -0.3 is 24.5 Å². The van der Waals surface area contributed by atoms with Crippen LogP contribution in [-0.4, -0.2) is 55.5 Å². The highest BCUT2D eigenvalue weighted by atomic mass is 31.2. The van der Waals surface area contributed by atoms with E-state index in [-0.39, 0.29) is 24.5 Å². The van der Waals surface area contributed by atoms with Crippen molar-refractivity contribution in [2.45, 2.75) is 76.7 Å². The molecular weight excluding hydrogens is 426 g/mol. The SMILES string of the molecule is C[C@@H]1C[C@H]2[C@@H]3CCC4=CC(=O)CC[C@]4(C)[C@@]3(F)[C@@H](O)C[C@]2(C)[C@@]1(O)C(=O)COP(O)O. The van der Waals surface area contributed by atoms with Gasteiger partial charge in [-0.15, -0.1) is 0 Å². The highest BCUT2D eigenvalue weighted by Crippen LogP contribution is 2.71. The van der Waals surface area contributed by atoms with Crippen LogP contribution in [0.4, 0.5) is 4.39 Å². The first kappa shape index (κ1) is 23.4. The minimum atomic E-state index is -2.74. The molecule has 4 aliphatic rings. The highest BCUT2D eigenvalue weighted by molar-refractivity contribution is 7.39. The number of carbonyl (C=O) groups excluding carboxylic acids is 2. The van der Waals surface area contributed by atoms with Crippen LogP contribution in [0.2, 0.25) is 0 Å². The number of alkyl halides is 1. The molecule has 7 nitrogen and oxygen atoms in total. The number of carbonyl (C=O) groups is 2. The molecule has 3 fully saturated rings. The normalized spacial score (nSPS) is 49.3. The van der Waals surface area contributed by atoms with E-state index in [2.05, 4.69) is 0 Å². The van der Waals surface area contributed by atoms with Gasteiger partial charge in [0.2, 0.25) is 0 Å². The lowest BCUT2D eigenvalue weighted by Gasteiger charge is -2.63. The van der Waals surface area contributed by atoms with Crippen LogP contribution in [0.5, 0.6) is 0 Å². The lowest BCUT2D eigenvalue weighted by molar-refractivity contribution is -0.228. The Labute approximate surface area is 182 Å². The second kappa shape index (κ2) is 7.37. The van der Waals surface area contributed by atoms with Crippen molar-refractivity contribution in [1.82, 2.24) is 0 Å². The van der Waals surface area contributed by atoms with Gasteiger partial charge in [0, 0.05) is 23.2 Å². The van der Waals surface area contributed by atoms with Gasteiger partial charge in [0.25, 0.3) is 0 Å². The first-order valence-electron chi connectivity index (χ1n) is 11.0. The number of halogens is 1.